The van der Waals surface area contributed by atoms with Crippen molar-refractivity contribution in [2.24, 2.45) is 7.05 Å². The van der Waals surface area contributed by atoms with Crippen molar-refractivity contribution < 1.29 is 21.1 Å². The third-order valence-corrected chi connectivity index (χ3v) is 7.68. The summed E-state index contributed by atoms with van der Waals surface area (Å²) in [7, 11) is 2.02. The molecule has 0 atom stereocenters. The van der Waals surface area contributed by atoms with Crippen molar-refractivity contribution in [3.05, 3.63) is 122 Å². The van der Waals surface area contributed by atoms with Gasteiger partial charge in [0.2, 0.25) is 0 Å². The van der Waals surface area contributed by atoms with E-state index >= 15 is 0 Å². The molecule has 186 valence electrons. The summed E-state index contributed by atoms with van der Waals surface area (Å²) in [5.74, 6) is 0.895. The summed E-state index contributed by atoms with van der Waals surface area (Å²) in [5, 5.41) is 0. The van der Waals surface area contributed by atoms with Crippen LogP contribution in [0.15, 0.2) is 110 Å². The predicted molar refractivity (Wildman–Crippen MR) is 154 cm³/mol. The van der Waals surface area contributed by atoms with Gasteiger partial charge in [-0.2, -0.15) is 0 Å². The van der Waals surface area contributed by atoms with E-state index in [1.807, 2.05) is 48.4 Å². The van der Waals surface area contributed by atoms with Crippen molar-refractivity contribution in [3.8, 4) is 44.9 Å². The zero-order valence-corrected chi connectivity index (χ0v) is 23.3. The Balaban J connectivity index is 0.00000253. The second-order valence-electron chi connectivity index (χ2n) is 9.79. The van der Waals surface area contributed by atoms with Gasteiger partial charge in [0.1, 0.15) is 0 Å². The molecular formula is C33H21BN4Pt. The number of hydrogen-bond donors (Lipinski definition) is 0. The van der Waals surface area contributed by atoms with E-state index in [9.17, 15) is 0 Å². The Morgan fingerprint density at radius 2 is 1.23 bits per heavy atom. The molecule has 2 aliphatic heterocycles. The van der Waals surface area contributed by atoms with Gasteiger partial charge in [-0.05, 0) is 11.8 Å². The predicted octanol–water partition coefficient (Wildman–Crippen LogP) is 5.65. The first-order chi connectivity index (χ1) is 18.8. The Hall–Kier alpha value is -4.21. The molecule has 0 saturated carbocycles. The molecule has 39 heavy (non-hydrogen) atoms. The van der Waals surface area contributed by atoms with E-state index in [1.165, 1.54) is 22.1 Å². The minimum atomic E-state index is 0. The van der Waals surface area contributed by atoms with E-state index < -0.39 is 0 Å². The summed E-state index contributed by atoms with van der Waals surface area (Å²) in [6.45, 7) is 0.00510. The van der Waals surface area contributed by atoms with Gasteiger partial charge in [0, 0.05) is 25.6 Å². The Morgan fingerprint density at radius 1 is 0.615 bits per heavy atom. The second-order valence-corrected chi connectivity index (χ2v) is 9.79. The van der Waals surface area contributed by atoms with Crippen molar-refractivity contribution in [2.45, 2.75) is 0 Å². The third kappa shape index (κ3) is 3.57. The first-order valence-corrected chi connectivity index (χ1v) is 12.8. The molecule has 4 nitrogen and oxygen atoms in total. The molecule has 0 aliphatic carbocycles. The molecule has 4 heterocycles. The quantitative estimate of drug-likeness (QED) is 0.175. The molecule has 2 aromatic heterocycles. The topological polar surface area (TPSA) is 34.0 Å². The van der Waals surface area contributed by atoms with Crippen molar-refractivity contribution in [1.29, 1.82) is 0 Å². The number of rotatable bonds is 2. The summed E-state index contributed by atoms with van der Waals surface area (Å²) in [5.41, 5.74) is 12.3. The van der Waals surface area contributed by atoms with Gasteiger partial charge in [-0.15, -0.1) is 47.5 Å². The third-order valence-electron chi connectivity index (χ3n) is 7.68. The SMILES string of the molecule is Cn1ccnc1-c1[c-]c2c(cc1)-c1ccccc1B1c3ccccc3-c3ccc(-c4ccccn4)[c-]c3N12.[Pt+2]. The molecule has 0 fully saturated rings. The van der Waals surface area contributed by atoms with Gasteiger partial charge >= 0.3 is 27.9 Å². The van der Waals surface area contributed by atoms with E-state index in [0.717, 1.165) is 45.1 Å². The summed E-state index contributed by atoms with van der Waals surface area (Å²) in [4.78, 5) is 11.7. The van der Waals surface area contributed by atoms with Crippen LogP contribution in [-0.2, 0) is 28.1 Å². The molecule has 0 amide bonds. The van der Waals surface area contributed by atoms with Gasteiger partial charge in [0.15, 0.2) is 0 Å². The van der Waals surface area contributed by atoms with Gasteiger partial charge < -0.3 is 14.4 Å². The van der Waals surface area contributed by atoms with Gasteiger partial charge in [-0.25, -0.2) is 0 Å². The first-order valence-electron chi connectivity index (χ1n) is 12.8. The standard InChI is InChI=1S/C33H21BN4.Pt/c1-37-19-18-36-33(37)23-14-16-27-25-9-3-5-11-29(25)34-28-10-4-2-8-24(28)26-15-13-22(30-12-6-7-17-35-30)20-31(26)38(34)32(27)21-23;/h2-19H,1H3;/q-2;+2. The van der Waals surface area contributed by atoms with Crippen LogP contribution in [0.1, 0.15) is 0 Å². The van der Waals surface area contributed by atoms with Crippen LogP contribution >= 0.6 is 0 Å². The Kier molecular flexibility index (Phi) is 5.64. The molecule has 6 heteroatoms. The zero-order chi connectivity index (χ0) is 25.2. The minimum absolute atomic E-state index is 0. The van der Waals surface area contributed by atoms with E-state index in [4.69, 9.17) is 0 Å². The maximum atomic E-state index is 4.62. The van der Waals surface area contributed by atoms with Crippen LogP contribution in [0.5, 0.6) is 0 Å². The maximum Gasteiger partial charge on any atom is 2.00 e. The number of pyridine rings is 1. The fourth-order valence-electron chi connectivity index (χ4n) is 5.98. The molecule has 6 aromatic rings. The number of nitrogens with zero attached hydrogens (tertiary/aromatic N) is 4. The van der Waals surface area contributed by atoms with Crippen LogP contribution in [-0.4, -0.2) is 21.4 Å². The van der Waals surface area contributed by atoms with E-state index in [0.29, 0.717) is 0 Å². The van der Waals surface area contributed by atoms with Crippen molar-refractivity contribution in [1.82, 2.24) is 14.5 Å². The van der Waals surface area contributed by atoms with Crippen LogP contribution in [0.25, 0.3) is 44.9 Å². The van der Waals surface area contributed by atoms with Crippen LogP contribution in [0.3, 0.4) is 0 Å². The van der Waals surface area contributed by atoms with E-state index in [2.05, 4.69) is 99.7 Å². The zero-order valence-electron chi connectivity index (χ0n) is 21.1. The number of fused-ring (bicyclic) bond motifs is 11. The molecule has 2 aliphatic rings. The summed E-state index contributed by atoms with van der Waals surface area (Å²) in [6, 6.07) is 39.8. The summed E-state index contributed by atoms with van der Waals surface area (Å²) < 4.78 is 2.04. The molecule has 0 spiro atoms. The average molecular weight is 679 g/mol. The van der Waals surface area contributed by atoms with Crippen LogP contribution in [0.2, 0.25) is 0 Å². The number of benzene rings is 4. The maximum absolute atomic E-state index is 4.62. The molecule has 0 saturated heterocycles. The number of imidazole rings is 1. The Labute approximate surface area is 242 Å². The minimum Gasteiger partial charge on any atom is -0.407 e. The van der Waals surface area contributed by atoms with Gasteiger partial charge in [0.05, 0.1) is 5.82 Å². The van der Waals surface area contributed by atoms with Gasteiger partial charge in [-0.3, -0.25) is 4.98 Å². The molecule has 0 N–H and O–H groups in total. The molecule has 4 aromatic carbocycles. The van der Waals surface area contributed by atoms with E-state index in [-0.39, 0.29) is 27.9 Å². The number of aryl methyl sites for hydroxylation is 1. The van der Waals surface area contributed by atoms with Crippen LogP contribution in [0, 0.1) is 12.1 Å². The Bertz CT molecular complexity index is 1860. The molecular weight excluding hydrogens is 658 g/mol. The largest absolute Gasteiger partial charge is 2.00 e. The molecule has 0 unspecified atom stereocenters. The van der Waals surface area contributed by atoms with Crippen LogP contribution in [0.4, 0.5) is 11.4 Å². The summed E-state index contributed by atoms with van der Waals surface area (Å²) >= 11 is 0. The van der Waals surface area contributed by atoms with Crippen molar-refractivity contribution in [2.75, 3.05) is 4.81 Å². The van der Waals surface area contributed by atoms with Crippen molar-refractivity contribution >= 4 is 29.1 Å². The number of aromatic nitrogens is 3. The Morgan fingerprint density at radius 3 is 1.85 bits per heavy atom. The normalized spacial score (nSPS) is 12.4. The fourth-order valence-corrected chi connectivity index (χ4v) is 5.98. The van der Waals surface area contributed by atoms with Gasteiger partial charge in [-0.1, -0.05) is 105 Å². The molecule has 0 bridgehead atoms. The van der Waals surface area contributed by atoms with Crippen molar-refractivity contribution in [3.63, 3.8) is 0 Å². The fraction of sp³-hybridized carbons (Fsp3) is 0.0303. The molecule has 8 rings (SSSR count). The molecule has 0 radical (unpaired) electrons. The van der Waals surface area contributed by atoms with Crippen LogP contribution < -0.4 is 15.7 Å². The number of hydrogen-bond acceptors (Lipinski definition) is 3. The second kappa shape index (κ2) is 9.22. The van der Waals surface area contributed by atoms with Gasteiger partial charge in [0.25, 0.3) is 0 Å². The first kappa shape index (κ1) is 23.9. The average Bonchev–Trinajstić information content (AvgIpc) is 3.42. The number of anilines is 2. The monoisotopic (exact) mass is 679 g/mol. The smallest absolute Gasteiger partial charge is 0.407 e. The van der Waals surface area contributed by atoms with E-state index in [1.54, 1.807) is 0 Å². The summed E-state index contributed by atoms with van der Waals surface area (Å²) in [6.07, 6.45) is 5.64.